The molecule has 4 rings (SSSR count). The molecule has 2 heterocycles. The van der Waals surface area contributed by atoms with Gasteiger partial charge >= 0.3 is 5.97 Å². The quantitative estimate of drug-likeness (QED) is 0.756. The fourth-order valence-electron chi connectivity index (χ4n) is 3.80. The molecule has 2 aromatic carbocycles. The third kappa shape index (κ3) is 3.22. The van der Waals surface area contributed by atoms with Gasteiger partial charge in [0.05, 0.1) is 14.2 Å². The van der Waals surface area contributed by atoms with Crippen molar-refractivity contribution in [3.8, 4) is 11.5 Å². The van der Waals surface area contributed by atoms with Crippen LogP contribution < -0.4 is 14.8 Å². The standard InChI is InChI=1S/C21H19FN2O6/c1-28-15-9-7-13-17(18(15)29-2)21(27)30-20(13)24-14(8-10-16(24)25)19(26)23-12-5-3-11(22)4-6-12/h3-7,9,14,20H,8,10H2,1-2H3,(H,23,26). The first-order valence-corrected chi connectivity index (χ1v) is 9.28. The van der Waals surface area contributed by atoms with E-state index in [1.807, 2.05) is 0 Å². The number of carbonyl (C=O) groups excluding carboxylic acids is 3. The molecule has 0 bridgehead atoms. The highest BCUT2D eigenvalue weighted by Gasteiger charge is 2.47. The van der Waals surface area contributed by atoms with Crippen LogP contribution in [0.15, 0.2) is 36.4 Å². The highest BCUT2D eigenvalue weighted by Crippen LogP contribution is 2.45. The number of ether oxygens (including phenoxy) is 3. The highest BCUT2D eigenvalue weighted by atomic mass is 19.1. The van der Waals surface area contributed by atoms with Crippen LogP contribution in [-0.2, 0) is 14.3 Å². The van der Waals surface area contributed by atoms with Gasteiger partial charge in [0, 0.05) is 17.7 Å². The molecule has 1 saturated heterocycles. The van der Waals surface area contributed by atoms with Gasteiger partial charge in [-0.15, -0.1) is 0 Å². The van der Waals surface area contributed by atoms with Gasteiger partial charge in [-0.2, -0.15) is 0 Å². The Bertz CT molecular complexity index is 1020. The van der Waals surface area contributed by atoms with Crippen molar-refractivity contribution in [1.82, 2.24) is 4.90 Å². The maximum atomic E-state index is 13.1. The average Bonchev–Trinajstić information content (AvgIpc) is 3.28. The molecule has 1 fully saturated rings. The number of benzene rings is 2. The summed E-state index contributed by atoms with van der Waals surface area (Å²) in [6.07, 6.45) is -0.646. The zero-order chi connectivity index (χ0) is 21.4. The van der Waals surface area contributed by atoms with Crippen molar-refractivity contribution in [2.75, 3.05) is 19.5 Å². The molecular formula is C21H19FN2O6. The fraction of sp³-hybridized carbons (Fsp3) is 0.286. The lowest BCUT2D eigenvalue weighted by atomic mass is 10.1. The molecule has 2 aliphatic heterocycles. The summed E-state index contributed by atoms with van der Waals surface area (Å²) in [7, 11) is 2.85. The van der Waals surface area contributed by atoms with Gasteiger partial charge in [-0.05, 0) is 42.8 Å². The van der Waals surface area contributed by atoms with E-state index in [2.05, 4.69) is 5.32 Å². The third-order valence-corrected chi connectivity index (χ3v) is 5.19. The molecule has 9 heteroatoms. The van der Waals surface area contributed by atoms with Crippen LogP contribution >= 0.6 is 0 Å². The number of methoxy groups -OCH3 is 2. The van der Waals surface area contributed by atoms with E-state index >= 15 is 0 Å². The Labute approximate surface area is 171 Å². The molecule has 2 amide bonds. The number of cyclic esters (lactones) is 1. The number of hydrogen-bond donors (Lipinski definition) is 1. The normalized spacial score (nSPS) is 20.0. The number of nitrogens with zero attached hydrogens (tertiary/aromatic N) is 1. The number of hydrogen-bond acceptors (Lipinski definition) is 6. The topological polar surface area (TPSA) is 94.2 Å². The summed E-state index contributed by atoms with van der Waals surface area (Å²) in [5, 5.41) is 2.68. The van der Waals surface area contributed by atoms with Crippen LogP contribution in [0.3, 0.4) is 0 Å². The second kappa shape index (κ2) is 7.66. The predicted molar refractivity (Wildman–Crippen MR) is 103 cm³/mol. The molecule has 0 radical (unpaired) electrons. The van der Waals surface area contributed by atoms with E-state index in [1.165, 1.54) is 43.4 Å². The monoisotopic (exact) mass is 414 g/mol. The van der Waals surface area contributed by atoms with Crippen molar-refractivity contribution in [1.29, 1.82) is 0 Å². The Kier molecular flexibility index (Phi) is 5.03. The minimum atomic E-state index is -1.05. The van der Waals surface area contributed by atoms with Crippen LogP contribution in [-0.4, -0.2) is 42.9 Å². The molecule has 2 aromatic rings. The van der Waals surface area contributed by atoms with Crippen molar-refractivity contribution in [2.45, 2.75) is 25.1 Å². The number of fused-ring (bicyclic) bond motifs is 1. The number of rotatable bonds is 5. The number of esters is 1. The second-order valence-corrected chi connectivity index (χ2v) is 6.87. The summed E-state index contributed by atoms with van der Waals surface area (Å²) in [5.41, 5.74) is 0.989. The van der Waals surface area contributed by atoms with E-state index in [0.29, 0.717) is 17.0 Å². The Hall–Kier alpha value is -3.62. The first kappa shape index (κ1) is 19.7. The molecule has 0 spiro atoms. The summed E-state index contributed by atoms with van der Waals surface area (Å²) >= 11 is 0. The summed E-state index contributed by atoms with van der Waals surface area (Å²) in [4.78, 5) is 39.3. The molecule has 0 aromatic heterocycles. The second-order valence-electron chi connectivity index (χ2n) is 6.87. The van der Waals surface area contributed by atoms with E-state index in [-0.39, 0.29) is 30.1 Å². The van der Waals surface area contributed by atoms with Crippen molar-refractivity contribution in [3.63, 3.8) is 0 Å². The van der Waals surface area contributed by atoms with E-state index in [0.717, 1.165) is 0 Å². The van der Waals surface area contributed by atoms with Crippen LogP contribution in [0.5, 0.6) is 11.5 Å². The van der Waals surface area contributed by atoms with Gasteiger partial charge in [-0.3, -0.25) is 14.5 Å². The minimum absolute atomic E-state index is 0.137. The van der Waals surface area contributed by atoms with Crippen LogP contribution in [0.2, 0.25) is 0 Å². The molecule has 2 unspecified atom stereocenters. The van der Waals surface area contributed by atoms with Gasteiger partial charge < -0.3 is 19.5 Å². The highest BCUT2D eigenvalue weighted by molar-refractivity contribution is 6.01. The average molecular weight is 414 g/mol. The Morgan fingerprint density at radius 2 is 1.87 bits per heavy atom. The van der Waals surface area contributed by atoms with Gasteiger partial charge in [0.1, 0.15) is 17.4 Å². The molecule has 0 saturated carbocycles. The van der Waals surface area contributed by atoms with Crippen molar-refractivity contribution in [3.05, 3.63) is 53.3 Å². The van der Waals surface area contributed by atoms with Crippen LogP contribution in [0.1, 0.15) is 35.0 Å². The smallest absolute Gasteiger partial charge is 0.344 e. The summed E-state index contributed by atoms with van der Waals surface area (Å²) in [6.45, 7) is 0. The van der Waals surface area contributed by atoms with Gasteiger partial charge in [-0.25, -0.2) is 9.18 Å². The molecular weight excluding hydrogens is 395 g/mol. The summed E-state index contributed by atoms with van der Waals surface area (Å²) < 4.78 is 29.1. The van der Waals surface area contributed by atoms with E-state index < -0.39 is 30.0 Å². The molecule has 156 valence electrons. The number of amides is 2. The SMILES string of the molecule is COc1ccc2c(c1OC)C(=O)OC2N1C(=O)CCC1C(=O)Nc1ccc(F)cc1. The summed E-state index contributed by atoms with van der Waals surface area (Å²) in [6, 6.07) is 7.68. The molecule has 2 atom stereocenters. The Morgan fingerprint density at radius 1 is 1.13 bits per heavy atom. The first-order chi connectivity index (χ1) is 14.4. The number of nitrogens with one attached hydrogen (secondary N) is 1. The van der Waals surface area contributed by atoms with Crippen LogP contribution in [0, 0.1) is 5.82 Å². The first-order valence-electron chi connectivity index (χ1n) is 9.28. The van der Waals surface area contributed by atoms with Gasteiger partial charge in [0.15, 0.2) is 11.5 Å². The van der Waals surface area contributed by atoms with Gasteiger partial charge in [0.2, 0.25) is 18.0 Å². The van der Waals surface area contributed by atoms with Gasteiger partial charge in [-0.1, -0.05) is 0 Å². The zero-order valence-electron chi connectivity index (χ0n) is 16.3. The van der Waals surface area contributed by atoms with Crippen molar-refractivity contribution in [2.24, 2.45) is 0 Å². The molecule has 0 aliphatic carbocycles. The van der Waals surface area contributed by atoms with E-state index in [4.69, 9.17) is 14.2 Å². The van der Waals surface area contributed by atoms with Crippen molar-refractivity contribution < 1.29 is 33.0 Å². The number of anilines is 1. The van der Waals surface area contributed by atoms with Crippen LogP contribution in [0.25, 0.3) is 0 Å². The molecule has 8 nitrogen and oxygen atoms in total. The summed E-state index contributed by atoms with van der Waals surface area (Å²) in [5.74, 6) is -1.28. The number of halogens is 1. The molecule has 1 N–H and O–H groups in total. The zero-order valence-corrected chi connectivity index (χ0v) is 16.3. The van der Waals surface area contributed by atoms with Crippen molar-refractivity contribution >= 4 is 23.5 Å². The van der Waals surface area contributed by atoms with Gasteiger partial charge in [0.25, 0.3) is 0 Å². The largest absolute Gasteiger partial charge is 0.493 e. The lowest BCUT2D eigenvalue weighted by Gasteiger charge is -2.29. The fourth-order valence-corrected chi connectivity index (χ4v) is 3.80. The molecule has 2 aliphatic rings. The lowest BCUT2D eigenvalue weighted by molar-refractivity contribution is -0.144. The van der Waals surface area contributed by atoms with E-state index in [9.17, 15) is 18.8 Å². The Balaban J connectivity index is 1.64. The molecule has 30 heavy (non-hydrogen) atoms. The lowest BCUT2D eigenvalue weighted by Crippen LogP contribution is -2.43. The number of carbonyl (C=O) groups is 3. The maximum absolute atomic E-state index is 13.1. The number of likely N-dealkylation sites (tertiary alicyclic amines) is 1. The maximum Gasteiger partial charge on any atom is 0.344 e. The van der Waals surface area contributed by atoms with Crippen LogP contribution in [0.4, 0.5) is 10.1 Å². The van der Waals surface area contributed by atoms with E-state index in [1.54, 1.807) is 12.1 Å². The minimum Gasteiger partial charge on any atom is -0.493 e. The third-order valence-electron chi connectivity index (χ3n) is 5.19. The predicted octanol–water partition coefficient (Wildman–Crippen LogP) is 2.64. The Morgan fingerprint density at radius 3 is 2.53 bits per heavy atom.